The second-order valence-corrected chi connectivity index (χ2v) is 6.37. The SMILES string of the molecule is CCOC(=O)c1c[nH]c(=O)c2c1OC(=O)C[C@@H]2c1cc(Cl)c2c(c1)OCO2. The number of pyridine rings is 1. The molecule has 0 bridgehead atoms. The van der Waals surface area contributed by atoms with Gasteiger partial charge >= 0.3 is 11.9 Å². The molecule has 1 aromatic carbocycles. The van der Waals surface area contributed by atoms with Crippen LogP contribution in [0.2, 0.25) is 5.02 Å². The molecule has 0 unspecified atom stereocenters. The average molecular weight is 392 g/mol. The molecule has 2 aromatic rings. The van der Waals surface area contributed by atoms with Crippen LogP contribution in [0.3, 0.4) is 0 Å². The van der Waals surface area contributed by atoms with E-state index in [1.54, 1.807) is 19.1 Å². The summed E-state index contributed by atoms with van der Waals surface area (Å²) >= 11 is 6.24. The highest BCUT2D eigenvalue weighted by Gasteiger charge is 2.36. The highest BCUT2D eigenvalue weighted by molar-refractivity contribution is 6.32. The highest BCUT2D eigenvalue weighted by atomic mass is 35.5. The lowest BCUT2D eigenvalue weighted by molar-refractivity contribution is -0.135. The van der Waals surface area contributed by atoms with E-state index in [9.17, 15) is 14.4 Å². The van der Waals surface area contributed by atoms with Crippen molar-refractivity contribution in [3.05, 3.63) is 50.4 Å². The zero-order valence-corrected chi connectivity index (χ0v) is 14.9. The van der Waals surface area contributed by atoms with Gasteiger partial charge in [0.25, 0.3) is 5.56 Å². The first kappa shape index (κ1) is 17.4. The van der Waals surface area contributed by atoms with Crippen molar-refractivity contribution in [2.24, 2.45) is 0 Å². The van der Waals surface area contributed by atoms with E-state index >= 15 is 0 Å². The number of ether oxygens (including phenoxy) is 4. The number of rotatable bonds is 3. The molecule has 3 heterocycles. The summed E-state index contributed by atoms with van der Waals surface area (Å²) in [5, 5.41) is 0.304. The molecule has 1 atom stereocenters. The Kier molecular flexibility index (Phi) is 4.27. The maximum Gasteiger partial charge on any atom is 0.343 e. The van der Waals surface area contributed by atoms with Gasteiger partial charge in [0.05, 0.1) is 23.6 Å². The third-order valence-corrected chi connectivity index (χ3v) is 4.64. The summed E-state index contributed by atoms with van der Waals surface area (Å²) < 4.78 is 20.9. The summed E-state index contributed by atoms with van der Waals surface area (Å²) in [6, 6.07) is 3.27. The largest absolute Gasteiger partial charge is 0.462 e. The number of hydrogen-bond donors (Lipinski definition) is 1. The number of esters is 2. The Morgan fingerprint density at radius 1 is 1.30 bits per heavy atom. The lowest BCUT2D eigenvalue weighted by atomic mass is 9.86. The molecular weight excluding hydrogens is 378 g/mol. The summed E-state index contributed by atoms with van der Waals surface area (Å²) in [6.07, 6.45) is 1.10. The molecule has 0 saturated carbocycles. The fourth-order valence-electron chi connectivity index (χ4n) is 3.21. The lowest BCUT2D eigenvalue weighted by Gasteiger charge is -2.25. The van der Waals surface area contributed by atoms with Gasteiger partial charge in [-0.3, -0.25) is 9.59 Å². The van der Waals surface area contributed by atoms with Gasteiger partial charge in [0, 0.05) is 12.1 Å². The normalized spacial score (nSPS) is 17.3. The van der Waals surface area contributed by atoms with E-state index < -0.39 is 23.4 Å². The van der Waals surface area contributed by atoms with Crippen LogP contribution in [0.1, 0.15) is 40.7 Å². The third-order valence-electron chi connectivity index (χ3n) is 4.36. The Balaban J connectivity index is 1.88. The van der Waals surface area contributed by atoms with Crippen LogP contribution in [-0.2, 0) is 9.53 Å². The number of H-pyrrole nitrogens is 1. The van der Waals surface area contributed by atoms with Crippen molar-refractivity contribution in [1.29, 1.82) is 0 Å². The van der Waals surface area contributed by atoms with E-state index in [1.807, 2.05) is 0 Å². The van der Waals surface area contributed by atoms with Gasteiger partial charge in [0.15, 0.2) is 17.2 Å². The van der Waals surface area contributed by atoms with Gasteiger partial charge in [-0.15, -0.1) is 0 Å². The zero-order chi connectivity index (χ0) is 19.1. The van der Waals surface area contributed by atoms with Crippen LogP contribution < -0.4 is 19.8 Å². The fourth-order valence-corrected chi connectivity index (χ4v) is 3.49. The molecule has 1 N–H and O–H groups in total. The van der Waals surface area contributed by atoms with Gasteiger partial charge in [0.2, 0.25) is 6.79 Å². The van der Waals surface area contributed by atoms with E-state index in [4.69, 9.17) is 30.5 Å². The van der Waals surface area contributed by atoms with Gasteiger partial charge in [-0.05, 0) is 24.6 Å². The van der Waals surface area contributed by atoms with Crippen LogP contribution in [0.25, 0.3) is 0 Å². The Morgan fingerprint density at radius 2 is 2.11 bits per heavy atom. The van der Waals surface area contributed by atoms with E-state index in [2.05, 4.69) is 4.98 Å². The number of aromatic amines is 1. The van der Waals surface area contributed by atoms with E-state index in [-0.39, 0.29) is 36.7 Å². The second kappa shape index (κ2) is 6.62. The number of halogens is 1. The molecule has 140 valence electrons. The number of carbonyl (C=O) groups excluding carboxylic acids is 2. The first-order valence-electron chi connectivity index (χ1n) is 8.22. The summed E-state index contributed by atoms with van der Waals surface area (Å²) in [7, 11) is 0. The Labute approximate surface area is 157 Å². The monoisotopic (exact) mass is 391 g/mol. The molecule has 0 saturated heterocycles. The molecule has 4 rings (SSSR count). The topological polar surface area (TPSA) is 104 Å². The molecule has 8 nitrogen and oxygen atoms in total. The number of aromatic nitrogens is 1. The van der Waals surface area contributed by atoms with E-state index in [1.165, 1.54) is 6.20 Å². The molecule has 1 aromatic heterocycles. The van der Waals surface area contributed by atoms with Gasteiger partial charge in [-0.25, -0.2) is 4.79 Å². The van der Waals surface area contributed by atoms with Crippen molar-refractivity contribution in [2.45, 2.75) is 19.3 Å². The van der Waals surface area contributed by atoms with Crippen molar-refractivity contribution in [2.75, 3.05) is 13.4 Å². The first-order chi connectivity index (χ1) is 13.0. The van der Waals surface area contributed by atoms with Gasteiger partial charge in [0.1, 0.15) is 5.56 Å². The minimum Gasteiger partial charge on any atom is -0.462 e. The quantitative estimate of drug-likeness (QED) is 0.801. The molecule has 9 heteroatoms. The van der Waals surface area contributed by atoms with Crippen molar-refractivity contribution < 1.29 is 28.5 Å². The van der Waals surface area contributed by atoms with Crippen LogP contribution in [0, 0.1) is 0 Å². The Hall–Kier alpha value is -3.00. The number of benzene rings is 1. The highest BCUT2D eigenvalue weighted by Crippen LogP contribution is 2.45. The number of hydrogen-bond acceptors (Lipinski definition) is 7. The number of carbonyl (C=O) groups is 2. The zero-order valence-electron chi connectivity index (χ0n) is 14.2. The average Bonchev–Trinajstić information content (AvgIpc) is 3.10. The lowest BCUT2D eigenvalue weighted by Crippen LogP contribution is -2.30. The molecule has 2 aliphatic heterocycles. The number of fused-ring (bicyclic) bond motifs is 2. The van der Waals surface area contributed by atoms with Gasteiger partial charge in [-0.1, -0.05) is 11.6 Å². The molecule has 2 aliphatic rings. The summed E-state index contributed by atoms with van der Waals surface area (Å²) in [5.74, 6) is -1.18. The minimum absolute atomic E-state index is 0.0173. The van der Waals surface area contributed by atoms with Crippen LogP contribution in [0.4, 0.5) is 0 Å². The first-order valence-corrected chi connectivity index (χ1v) is 8.59. The predicted octanol–water partition coefficient (Wildman–Crippen LogP) is 2.37. The third kappa shape index (κ3) is 2.91. The van der Waals surface area contributed by atoms with E-state index in [0.717, 1.165) is 0 Å². The molecule has 0 fully saturated rings. The molecular formula is C18H14ClNO7. The van der Waals surface area contributed by atoms with Crippen molar-refractivity contribution in [3.63, 3.8) is 0 Å². The minimum atomic E-state index is -0.692. The number of nitrogens with one attached hydrogen (secondary N) is 1. The second-order valence-electron chi connectivity index (χ2n) is 5.96. The van der Waals surface area contributed by atoms with Crippen LogP contribution in [0.15, 0.2) is 23.1 Å². The fraction of sp³-hybridized carbons (Fsp3) is 0.278. The molecule has 27 heavy (non-hydrogen) atoms. The summed E-state index contributed by atoms with van der Waals surface area (Å²) in [4.78, 5) is 39.4. The molecule has 0 aliphatic carbocycles. The van der Waals surface area contributed by atoms with E-state index in [0.29, 0.717) is 22.1 Å². The standard InChI is InChI=1S/C18H14ClNO7/c1-2-24-18(23)10-6-20-17(22)14-9(5-13(21)27-15(10)14)8-3-11(19)16-12(4-8)25-7-26-16/h3-4,6,9H,2,5,7H2,1H3,(H,20,22)/t9-/m1/s1. The van der Waals surface area contributed by atoms with Gasteiger partial charge in [-0.2, -0.15) is 0 Å². The van der Waals surface area contributed by atoms with Gasteiger partial charge < -0.3 is 23.9 Å². The Morgan fingerprint density at radius 3 is 2.89 bits per heavy atom. The van der Waals surface area contributed by atoms with Crippen LogP contribution in [-0.4, -0.2) is 30.3 Å². The van der Waals surface area contributed by atoms with Crippen molar-refractivity contribution >= 4 is 23.5 Å². The van der Waals surface area contributed by atoms with Crippen LogP contribution >= 0.6 is 11.6 Å². The maximum absolute atomic E-state index is 12.5. The molecule has 0 spiro atoms. The smallest absolute Gasteiger partial charge is 0.343 e. The molecule has 0 radical (unpaired) electrons. The molecule has 0 amide bonds. The maximum atomic E-state index is 12.5. The predicted molar refractivity (Wildman–Crippen MR) is 92.7 cm³/mol. The summed E-state index contributed by atoms with van der Waals surface area (Å²) in [5.41, 5.74) is 0.254. The van der Waals surface area contributed by atoms with Crippen LogP contribution in [0.5, 0.6) is 17.2 Å². The van der Waals surface area contributed by atoms with Crippen molar-refractivity contribution in [3.8, 4) is 17.2 Å². The van der Waals surface area contributed by atoms with Crippen molar-refractivity contribution in [1.82, 2.24) is 4.98 Å². The summed E-state index contributed by atoms with van der Waals surface area (Å²) in [6.45, 7) is 1.83. The Bertz CT molecular complexity index is 1010.